The molecule has 0 aliphatic carbocycles. The predicted octanol–water partition coefficient (Wildman–Crippen LogP) is 5.62. The Labute approximate surface area is 190 Å². The van der Waals surface area contributed by atoms with Gasteiger partial charge in [0.1, 0.15) is 11.6 Å². The fraction of sp³-hybridized carbons (Fsp3) is 0.409. The van der Waals surface area contributed by atoms with Gasteiger partial charge < -0.3 is 9.47 Å². The molecular weight excluding hydrogens is 452 g/mol. The number of carbonyl (C=O) groups excluding carboxylic acids is 1. The molecule has 0 radical (unpaired) electrons. The van der Waals surface area contributed by atoms with E-state index >= 15 is 0 Å². The third-order valence-corrected chi connectivity index (χ3v) is 5.20. The lowest BCUT2D eigenvalue weighted by Gasteiger charge is -2.35. The number of piperidine rings is 1. The molecule has 2 atom stereocenters. The summed E-state index contributed by atoms with van der Waals surface area (Å²) < 4.78 is 63.5. The smallest absolute Gasteiger partial charge is 0.426 e. The average molecular weight is 477 g/mol. The Morgan fingerprint density at radius 1 is 1.22 bits per heavy atom. The minimum atomic E-state index is -4.72. The van der Waals surface area contributed by atoms with Gasteiger partial charge in [0, 0.05) is 18.8 Å². The number of benzene rings is 2. The van der Waals surface area contributed by atoms with Gasteiger partial charge in [0.25, 0.3) is 0 Å². The van der Waals surface area contributed by atoms with Crippen LogP contribution in [-0.2, 0) is 4.74 Å². The molecule has 2 aromatic rings. The van der Waals surface area contributed by atoms with Crippen LogP contribution in [0.4, 0.5) is 28.0 Å². The molecule has 2 aromatic carbocycles. The zero-order valence-electron chi connectivity index (χ0n) is 17.4. The number of nitrogens with zero attached hydrogens (tertiary/aromatic N) is 1. The van der Waals surface area contributed by atoms with Crippen LogP contribution in [0.2, 0.25) is 0 Å². The van der Waals surface area contributed by atoms with Gasteiger partial charge in [-0.1, -0.05) is 12.1 Å². The number of halogens is 5. The van der Waals surface area contributed by atoms with Crippen LogP contribution in [0.5, 0.6) is 5.75 Å². The third kappa shape index (κ3) is 7.27. The van der Waals surface area contributed by atoms with Gasteiger partial charge in [0.2, 0.25) is 6.10 Å². The van der Waals surface area contributed by atoms with Gasteiger partial charge in [-0.25, -0.2) is 9.18 Å². The summed E-state index contributed by atoms with van der Waals surface area (Å²) in [6.07, 6.45) is -6.66. The van der Waals surface area contributed by atoms with Crippen molar-refractivity contribution in [3.05, 3.63) is 59.9 Å². The normalized spacial score (nSPS) is 17.7. The van der Waals surface area contributed by atoms with Crippen molar-refractivity contribution in [3.8, 4) is 5.75 Å². The van der Waals surface area contributed by atoms with Gasteiger partial charge in [0.15, 0.2) is 0 Å². The Hall–Kier alpha value is -2.52. The summed E-state index contributed by atoms with van der Waals surface area (Å²) in [6.45, 7) is 0.444. The second-order valence-corrected chi connectivity index (χ2v) is 7.44. The number of anilines is 1. The molecule has 1 unspecified atom stereocenters. The number of amides is 1. The molecule has 32 heavy (non-hydrogen) atoms. The number of methoxy groups -OCH3 is 1. The highest BCUT2D eigenvalue weighted by molar-refractivity contribution is 5.85. The lowest BCUT2D eigenvalue weighted by molar-refractivity contribution is -0.207. The largest absolute Gasteiger partial charge is 0.497 e. The van der Waals surface area contributed by atoms with Crippen molar-refractivity contribution in [1.82, 2.24) is 4.90 Å². The molecule has 3 rings (SSSR count). The number of likely N-dealkylation sites (tertiary alicyclic amines) is 1. The molecule has 0 bridgehead atoms. The number of alkyl halides is 3. The minimum Gasteiger partial charge on any atom is -0.497 e. The van der Waals surface area contributed by atoms with Crippen LogP contribution in [0.25, 0.3) is 0 Å². The molecule has 1 amide bonds. The summed E-state index contributed by atoms with van der Waals surface area (Å²) >= 11 is 0. The fourth-order valence-corrected chi connectivity index (χ4v) is 3.64. The average Bonchev–Trinajstić information content (AvgIpc) is 2.74. The number of nitrogens with one attached hydrogen (secondary N) is 1. The Kier molecular flexibility index (Phi) is 9.15. The summed E-state index contributed by atoms with van der Waals surface area (Å²) in [6, 6.07) is 12.1. The van der Waals surface area contributed by atoms with E-state index in [1.54, 1.807) is 12.0 Å². The summed E-state index contributed by atoms with van der Waals surface area (Å²) in [4.78, 5) is 13.7. The highest BCUT2D eigenvalue weighted by Gasteiger charge is 2.44. The first-order chi connectivity index (χ1) is 14.7. The molecule has 1 aliphatic heterocycles. The van der Waals surface area contributed by atoms with E-state index in [0.717, 1.165) is 30.5 Å². The van der Waals surface area contributed by atoms with Crippen molar-refractivity contribution < 1.29 is 31.8 Å². The maximum absolute atomic E-state index is 13.5. The van der Waals surface area contributed by atoms with Crippen molar-refractivity contribution in [2.75, 3.05) is 32.1 Å². The van der Waals surface area contributed by atoms with Crippen molar-refractivity contribution in [2.45, 2.75) is 31.0 Å². The summed E-state index contributed by atoms with van der Waals surface area (Å²) in [5.74, 6) is 0.233. The number of hydrogen-bond donors (Lipinski definition) is 1. The molecule has 0 aromatic heterocycles. The molecular formula is C22H25ClF4N2O3. The number of ether oxygens (including phenoxy) is 2. The predicted molar refractivity (Wildman–Crippen MR) is 115 cm³/mol. The van der Waals surface area contributed by atoms with E-state index in [0.29, 0.717) is 18.8 Å². The summed E-state index contributed by atoms with van der Waals surface area (Å²) in [5, 5.41) is 2.20. The monoisotopic (exact) mass is 476 g/mol. The van der Waals surface area contributed by atoms with Gasteiger partial charge >= 0.3 is 12.3 Å². The van der Waals surface area contributed by atoms with E-state index in [9.17, 15) is 22.4 Å². The first kappa shape index (κ1) is 25.7. The van der Waals surface area contributed by atoms with E-state index in [1.807, 2.05) is 24.3 Å². The van der Waals surface area contributed by atoms with E-state index < -0.39 is 30.7 Å². The lowest BCUT2D eigenvalue weighted by Crippen LogP contribution is -2.47. The van der Waals surface area contributed by atoms with E-state index in [1.165, 1.54) is 12.1 Å². The molecule has 10 heteroatoms. The molecule has 5 nitrogen and oxygen atoms in total. The topological polar surface area (TPSA) is 50.8 Å². The van der Waals surface area contributed by atoms with Crippen LogP contribution in [0.3, 0.4) is 0 Å². The summed E-state index contributed by atoms with van der Waals surface area (Å²) in [5.41, 5.74) is 1.14. The number of hydrogen-bond acceptors (Lipinski definition) is 4. The molecule has 1 N–H and O–H groups in total. The Bertz CT molecular complexity index is 880. The van der Waals surface area contributed by atoms with Crippen molar-refractivity contribution >= 4 is 24.2 Å². The minimum absolute atomic E-state index is 0. The molecule has 176 valence electrons. The first-order valence-corrected chi connectivity index (χ1v) is 9.91. The Balaban J connectivity index is 0.00000363. The molecule has 0 spiro atoms. The van der Waals surface area contributed by atoms with Crippen LogP contribution < -0.4 is 10.1 Å². The van der Waals surface area contributed by atoms with Gasteiger partial charge in [-0.05, 0) is 67.3 Å². The molecule has 0 saturated carbocycles. The highest BCUT2D eigenvalue weighted by atomic mass is 35.5. The van der Waals surface area contributed by atoms with Gasteiger partial charge in [0.05, 0.1) is 7.11 Å². The van der Waals surface area contributed by atoms with Crippen molar-refractivity contribution in [3.63, 3.8) is 0 Å². The van der Waals surface area contributed by atoms with Crippen LogP contribution in [0.15, 0.2) is 48.5 Å². The first-order valence-electron chi connectivity index (χ1n) is 9.91. The molecule has 1 fully saturated rings. The Morgan fingerprint density at radius 2 is 1.94 bits per heavy atom. The number of rotatable bonds is 6. The second kappa shape index (κ2) is 11.4. The van der Waals surface area contributed by atoms with E-state index in [4.69, 9.17) is 9.47 Å². The van der Waals surface area contributed by atoms with E-state index in [-0.39, 0.29) is 24.0 Å². The maximum Gasteiger partial charge on any atom is 0.426 e. The van der Waals surface area contributed by atoms with Crippen LogP contribution in [-0.4, -0.2) is 50.0 Å². The fourth-order valence-electron chi connectivity index (χ4n) is 3.64. The van der Waals surface area contributed by atoms with Crippen LogP contribution in [0.1, 0.15) is 24.3 Å². The quantitative estimate of drug-likeness (QED) is 0.550. The zero-order chi connectivity index (χ0) is 22.4. The van der Waals surface area contributed by atoms with Crippen LogP contribution in [0, 0.1) is 5.82 Å². The molecule has 1 heterocycles. The molecule has 1 aliphatic rings. The second-order valence-electron chi connectivity index (χ2n) is 7.44. The maximum atomic E-state index is 13.5. The van der Waals surface area contributed by atoms with Crippen molar-refractivity contribution in [2.24, 2.45) is 0 Å². The zero-order valence-corrected chi connectivity index (χ0v) is 18.2. The third-order valence-electron chi connectivity index (χ3n) is 5.20. The Morgan fingerprint density at radius 3 is 2.59 bits per heavy atom. The van der Waals surface area contributed by atoms with Gasteiger partial charge in [-0.2, -0.15) is 13.2 Å². The van der Waals surface area contributed by atoms with Gasteiger partial charge in [-0.15, -0.1) is 12.4 Å². The lowest BCUT2D eigenvalue weighted by atomic mass is 9.90. The molecule has 1 saturated heterocycles. The number of carbonyl (C=O) groups is 1. The van der Waals surface area contributed by atoms with Gasteiger partial charge in [-0.3, -0.25) is 10.2 Å². The van der Waals surface area contributed by atoms with E-state index in [2.05, 4.69) is 5.32 Å². The summed E-state index contributed by atoms with van der Waals surface area (Å²) in [7, 11) is 1.56. The van der Waals surface area contributed by atoms with Crippen LogP contribution >= 0.6 is 12.4 Å². The van der Waals surface area contributed by atoms with Crippen molar-refractivity contribution in [1.29, 1.82) is 0 Å². The SMILES string of the molecule is COc1cccc(C2CCCN(C[C@H](OC(=O)Nc3ccc(F)cc3)C(F)(F)F)C2)c1.Cl. The standard InChI is InChI=1S/C22H24F4N2O3.ClH/c1-30-19-6-2-4-15(12-19)16-5-3-11-28(13-16)14-20(22(24,25)26)31-21(29)27-18-9-7-17(23)8-10-18;/h2,4,6-10,12,16,20H,3,5,11,13-14H2,1H3,(H,27,29);1H/t16?,20-;/m0./s1. The highest BCUT2D eigenvalue weighted by Crippen LogP contribution is 2.31.